The molecule has 4 aliphatic rings. The lowest BCUT2D eigenvalue weighted by atomic mass is 10.0. The Hall–Kier alpha value is -15.3. The number of nitrogens with zero attached hydrogens (tertiary/aromatic N) is 5. The Morgan fingerprint density at radius 3 is 1.35 bits per heavy atom. The molecule has 4 aliphatic heterocycles. The van der Waals surface area contributed by atoms with E-state index in [9.17, 15) is 146 Å². The Labute approximate surface area is 843 Å². The van der Waals surface area contributed by atoms with Gasteiger partial charge in [-0.1, -0.05) is 26.0 Å². The van der Waals surface area contributed by atoms with Gasteiger partial charge in [0.15, 0.2) is 5.96 Å². The summed E-state index contributed by atoms with van der Waals surface area (Å²) in [6.07, 6.45) is -2.27. The number of carboxylic acids is 4. The number of primary amides is 2. The minimum absolute atomic E-state index is 0.0140. The van der Waals surface area contributed by atoms with Crippen LogP contribution in [0.1, 0.15) is 187 Å². The number of aromatic nitrogens is 2. The molecule has 4 fully saturated rings. The van der Waals surface area contributed by atoms with Crippen molar-refractivity contribution in [3.63, 3.8) is 0 Å². The molecular weight excluding hydrogens is 1940 g/mol. The van der Waals surface area contributed by atoms with E-state index in [4.69, 9.17) is 34.1 Å². The van der Waals surface area contributed by atoms with Gasteiger partial charge in [-0.2, -0.15) is 0 Å². The van der Waals surface area contributed by atoms with Crippen molar-refractivity contribution < 1.29 is 146 Å². The van der Waals surface area contributed by atoms with Gasteiger partial charge >= 0.3 is 23.9 Å². The van der Waals surface area contributed by atoms with Crippen LogP contribution in [-0.4, -0.2) is 369 Å². The van der Waals surface area contributed by atoms with Crippen molar-refractivity contribution in [2.75, 3.05) is 52.4 Å². The van der Waals surface area contributed by atoms with E-state index in [-0.39, 0.29) is 128 Å². The molecule has 33 N–H and O–H groups in total. The summed E-state index contributed by atoms with van der Waals surface area (Å²) >= 11 is 0. The smallest absolute Gasteiger partial charge is 0.326 e. The van der Waals surface area contributed by atoms with Crippen LogP contribution in [0.2, 0.25) is 0 Å². The third-order valence-electron chi connectivity index (χ3n) is 24.6. The number of carboxylic acid groups (broad SMARTS) is 4. The number of imidazole rings is 1. The van der Waals surface area contributed by atoms with Gasteiger partial charge in [-0.3, -0.25) is 116 Å². The number of nitrogens with one attached hydrogen (secondary N) is 17. The molecule has 6 rings (SSSR count). The first-order valence-electron chi connectivity index (χ1n) is 48.2. The Morgan fingerprint density at radius 2 is 0.844 bits per heavy atom. The van der Waals surface area contributed by atoms with Crippen molar-refractivity contribution >= 4 is 148 Å². The van der Waals surface area contributed by atoms with Crippen molar-refractivity contribution in [3.05, 3.63) is 48.0 Å². The Morgan fingerprint density at radius 1 is 0.422 bits per heavy atom. The molecule has 0 radical (unpaired) electrons. The minimum atomic E-state index is -2.12. The standard InChI is InChI=1S/C90H137N27O30/c1-44(2)35-57(78(135)111-59(38-67(94)121)79(136)108-56(89(146)147)14-8-30-98-90(95)96)109-76(133)54(25-28-70(125)126)105-80(137)60(39-71(127)128)112-84(141)65-18-12-34-117(65)88(145)61(42-118)113-73(130)45(3)101-77(134)58(37-49-40-97-43-100-49)110-75(132)52(24-27-69(123)124)104-68(122)41-99-81(138)62-15-9-31-114(62)85(142)47(5)103-74(131)53(23-26-66(93)120)106-83(140)64-17-11-33-116(64)87(144)55(13-6-7-29-91)107-72(129)46(4)102-82(139)63-16-10-32-115(63)86(143)51(92)36-48-19-21-50(119)22-20-48/h19-22,40,43-47,51-65,118-119H,6-18,23-39,41-42,91-92H2,1-5H3,(H2,93,120)(H2,94,121)(H,97,100)(H,99,138)(H,101,134)(H,102,139)(H,103,131)(H,104,122)(H,105,137)(H,106,140)(H,107,129)(H,108,136)(H,109,133)(H,110,132)(H,111,135)(H,112,141)(H,113,130)(H,123,124)(H,125,126)(H,127,128)(H,146,147)(H4,95,96,98)/t45-,46-,47-,51-,52-,53-,54-,55-,56-,57-,58-,59-,60-,61-,62-,63-,64-,65-/m0/s1. The molecule has 5 heterocycles. The van der Waals surface area contributed by atoms with Crippen LogP contribution < -0.4 is 108 Å². The lowest BCUT2D eigenvalue weighted by Gasteiger charge is -2.31. The second-order valence-corrected chi connectivity index (χ2v) is 36.6. The molecule has 2 aromatic rings. The van der Waals surface area contributed by atoms with Crippen LogP contribution in [-0.2, 0) is 128 Å². The lowest BCUT2D eigenvalue weighted by molar-refractivity contribution is -0.145. The van der Waals surface area contributed by atoms with Crippen LogP contribution in [0, 0.1) is 11.3 Å². The largest absolute Gasteiger partial charge is 0.508 e. The van der Waals surface area contributed by atoms with Gasteiger partial charge in [-0.25, -0.2) is 9.78 Å². The van der Waals surface area contributed by atoms with Crippen molar-refractivity contribution in [2.45, 2.75) is 297 Å². The average molecular weight is 2080 g/mol. The van der Waals surface area contributed by atoms with Crippen molar-refractivity contribution in [2.24, 2.45) is 34.6 Å². The number of carbonyl (C=O) groups is 24. The van der Waals surface area contributed by atoms with E-state index in [1.807, 2.05) is 0 Å². The summed E-state index contributed by atoms with van der Waals surface area (Å²) in [6.45, 7) is 5.01. The SMILES string of the molecule is CC(C)C[C@H](NC(=O)[C@H](CCC(=O)O)NC(=O)[C@H](CC(=O)O)NC(=O)[C@@H]1CCCN1C(=O)[C@H](CO)NC(=O)[C@H](C)NC(=O)[C@H](Cc1c[nH]cn1)NC(=O)[C@H](CCC(=O)O)NC(=O)CNC(=O)[C@@H]1CCCN1C(=O)[C@H](C)NC(=O)[C@H](CCC(N)=O)NC(=O)[C@@H]1CCCN1C(=O)[C@H](CCCCN)NC(=O)[C@H](C)NC(=O)[C@@H]1CCCN1C(=O)[C@@H](N)Cc1ccc(O)cc1)C(=O)N[C@@H](CC(N)=O)C(=O)N[C@@H](CCCNC(=N)N)C(=O)O. The number of hydrogen-bond acceptors (Lipinski definition) is 30. The normalized spacial score (nSPS) is 18.1. The summed E-state index contributed by atoms with van der Waals surface area (Å²) < 4.78 is 0. The monoisotopic (exact) mass is 2080 g/mol. The number of aliphatic carboxylic acids is 4. The first kappa shape index (κ1) is 120. The highest BCUT2D eigenvalue weighted by atomic mass is 16.4. The van der Waals surface area contributed by atoms with E-state index in [1.165, 1.54) is 48.3 Å². The molecule has 0 unspecified atom stereocenters. The number of rotatable bonds is 61. The predicted octanol–water partition coefficient (Wildman–Crippen LogP) is -10.5. The fraction of sp³-hybridized carbons (Fsp3) is 0.622. The van der Waals surface area contributed by atoms with Crippen LogP contribution in [0.25, 0.3) is 0 Å². The molecule has 0 aliphatic carbocycles. The number of aliphatic hydroxyl groups is 1. The van der Waals surface area contributed by atoms with Gasteiger partial charge in [-0.15, -0.1) is 0 Å². The number of guanidine groups is 1. The van der Waals surface area contributed by atoms with E-state index in [1.54, 1.807) is 26.0 Å². The number of hydrogen-bond donors (Lipinski definition) is 28. The third kappa shape index (κ3) is 38.9. The summed E-state index contributed by atoms with van der Waals surface area (Å²) in [5, 5.41) is 102. The van der Waals surface area contributed by atoms with Crippen molar-refractivity contribution in [3.8, 4) is 5.75 Å². The Bertz CT molecular complexity index is 5050. The number of aromatic amines is 1. The van der Waals surface area contributed by atoms with Gasteiger partial charge in [0.2, 0.25) is 118 Å². The molecule has 812 valence electrons. The lowest BCUT2D eigenvalue weighted by Crippen LogP contribution is -2.61. The molecule has 0 saturated carbocycles. The molecule has 0 spiro atoms. The highest BCUT2D eigenvalue weighted by Gasteiger charge is 2.46. The number of carbonyl (C=O) groups excluding carboxylic acids is 20. The zero-order valence-corrected chi connectivity index (χ0v) is 82.2. The van der Waals surface area contributed by atoms with E-state index in [0.29, 0.717) is 24.8 Å². The van der Waals surface area contributed by atoms with E-state index < -0.39 is 334 Å². The molecule has 57 heteroatoms. The van der Waals surface area contributed by atoms with Crippen LogP contribution in [0.4, 0.5) is 0 Å². The van der Waals surface area contributed by atoms with E-state index in [0.717, 1.165) is 16.7 Å². The van der Waals surface area contributed by atoms with Crippen molar-refractivity contribution in [1.29, 1.82) is 5.41 Å². The van der Waals surface area contributed by atoms with Crippen LogP contribution in [0.3, 0.4) is 0 Å². The highest BCUT2D eigenvalue weighted by molar-refractivity contribution is 6.03. The molecule has 1 aromatic carbocycles. The fourth-order valence-electron chi connectivity index (χ4n) is 16.9. The molecule has 0 bridgehead atoms. The topological polar surface area (TPSA) is 907 Å². The number of aromatic hydroxyl groups is 1. The van der Waals surface area contributed by atoms with Gasteiger partial charge < -0.3 is 164 Å². The zero-order valence-electron chi connectivity index (χ0n) is 82.2. The number of aliphatic hydroxyl groups excluding tert-OH is 1. The minimum Gasteiger partial charge on any atom is -0.508 e. The molecular formula is C90H137N27O30. The molecule has 57 nitrogen and oxygen atoms in total. The van der Waals surface area contributed by atoms with Crippen LogP contribution in [0.5, 0.6) is 5.75 Å². The summed E-state index contributed by atoms with van der Waals surface area (Å²) in [4.78, 5) is 337. The number of nitrogens with two attached hydrogens (primary N) is 5. The number of amides is 20. The van der Waals surface area contributed by atoms with Crippen LogP contribution in [0.15, 0.2) is 36.8 Å². The Balaban J connectivity index is 1.05. The van der Waals surface area contributed by atoms with Gasteiger partial charge in [0, 0.05) is 64.6 Å². The average Bonchev–Trinajstić information content (AvgIpc) is 1.72. The quantitative estimate of drug-likeness (QED) is 0.0166. The van der Waals surface area contributed by atoms with Gasteiger partial charge in [0.05, 0.1) is 44.1 Å². The molecule has 147 heavy (non-hydrogen) atoms. The molecule has 20 amide bonds. The summed E-state index contributed by atoms with van der Waals surface area (Å²) in [5.74, 6) is -27.3. The van der Waals surface area contributed by atoms with Gasteiger partial charge in [0.1, 0.15) is 108 Å². The summed E-state index contributed by atoms with van der Waals surface area (Å²) in [7, 11) is 0. The highest BCUT2D eigenvalue weighted by Crippen LogP contribution is 2.26. The number of likely N-dealkylation sites (tertiary alicyclic amines) is 4. The summed E-state index contributed by atoms with van der Waals surface area (Å²) in [5.41, 5.74) is 29.0. The number of phenolic OH excluding ortho intramolecular Hbond substituents is 1. The van der Waals surface area contributed by atoms with Gasteiger partial charge in [-0.05, 0) is 167 Å². The predicted molar refractivity (Wildman–Crippen MR) is 511 cm³/mol. The van der Waals surface area contributed by atoms with E-state index >= 15 is 0 Å². The maximum atomic E-state index is 14.6. The first-order chi connectivity index (χ1) is 69.4. The van der Waals surface area contributed by atoms with Gasteiger partial charge in [0.25, 0.3) is 0 Å². The number of H-pyrrole nitrogens is 1. The molecule has 18 atom stereocenters. The molecule has 1 aromatic heterocycles. The maximum Gasteiger partial charge on any atom is 0.326 e. The second kappa shape index (κ2) is 59.2. The number of phenols is 1. The summed E-state index contributed by atoms with van der Waals surface area (Å²) in [6, 6.07) is -21.8. The second-order valence-electron chi connectivity index (χ2n) is 36.6. The zero-order chi connectivity index (χ0) is 109. The third-order valence-corrected chi connectivity index (χ3v) is 24.6. The molecule has 4 saturated heterocycles. The van der Waals surface area contributed by atoms with E-state index in [2.05, 4.69) is 89.7 Å². The van der Waals surface area contributed by atoms with Crippen molar-refractivity contribution in [1.82, 2.24) is 109 Å². The first-order valence-corrected chi connectivity index (χ1v) is 48.2. The number of unbranched alkanes of at least 4 members (excludes halogenated alkanes) is 1. The fourth-order valence-corrected chi connectivity index (χ4v) is 16.9. The Kier molecular flexibility index (Phi) is 48.5. The maximum absolute atomic E-state index is 14.6. The van der Waals surface area contributed by atoms with Crippen LogP contribution >= 0.6 is 0 Å². The number of benzene rings is 1.